The van der Waals surface area contributed by atoms with Crippen molar-refractivity contribution in [2.75, 3.05) is 32.7 Å². The van der Waals surface area contributed by atoms with Crippen molar-refractivity contribution in [3.05, 3.63) is 33.7 Å². The minimum atomic E-state index is -0.503. The first-order valence-corrected chi connectivity index (χ1v) is 10.1. The summed E-state index contributed by atoms with van der Waals surface area (Å²) in [6, 6.07) is 1.59. The van der Waals surface area contributed by atoms with Crippen LogP contribution in [0.3, 0.4) is 0 Å². The van der Waals surface area contributed by atoms with Crippen molar-refractivity contribution in [3.63, 3.8) is 0 Å². The summed E-state index contributed by atoms with van der Waals surface area (Å²) in [5.74, 6) is 0.148. The fraction of sp³-hybridized carbons (Fsp3) is 0.556. The second-order valence-corrected chi connectivity index (χ2v) is 8.42. The molecular formula is C18H23N5O3S. The fourth-order valence-electron chi connectivity index (χ4n) is 3.73. The van der Waals surface area contributed by atoms with Gasteiger partial charge in [0.05, 0.1) is 11.1 Å². The van der Waals surface area contributed by atoms with E-state index in [1.807, 2.05) is 17.2 Å². The van der Waals surface area contributed by atoms with Crippen molar-refractivity contribution >= 4 is 28.1 Å². The molecule has 0 saturated carbocycles. The minimum absolute atomic E-state index is 0.0243. The monoisotopic (exact) mass is 389 g/mol. The lowest BCUT2D eigenvalue weighted by atomic mass is 9.81. The highest BCUT2D eigenvalue weighted by Gasteiger charge is 2.40. The molecule has 4 rings (SSSR count). The number of thiazole rings is 1. The van der Waals surface area contributed by atoms with Gasteiger partial charge < -0.3 is 10.2 Å². The number of hydrogen-bond donors (Lipinski definition) is 1. The molecule has 0 unspecified atom stereocenters. The van der Waals surface area contributed by atoms with Gasteiger partial charge in [0.25, 0.3) is 5.56 Å². The van der Waals surface area contributed by atoms with E-state index in [1.54, 1.807) is 16.7 Å². The Bertz CT molecular complexity index is 918. The molecule has 1 atom stereocenters. The second kappa shape index (κ2) is 7.05. The summed E-state index contributed by atoms with van der Waals surface area (Å²) in [4.78, 5) is 45.8. The van der Waals surface area contributed by atoms with Crippen molar-refractivity contribution in [2.45, 2.75) is 26.3 Å². The van der Waals surface area contributed by atoms with Crippen LogP contribution in [0.15, 0.2) is 22.4 Å². The van der Waals surface area contributed by atoms with Gasteiger partial charge in [-0.05, 0) is 13.3 Å². The first kappa shape index (κ1) is 18.1. The molecule has 2 fully saturated rings. The van der Waals surface area contributed by atoms with Gasteiger partial charge in [-0.25, -0.2) is 4.98 Å². The summed E-state index contributed by atoms with van der Waals surface area (Å²) in [6.07, 6.45) is 2.75. The molecule has 0 aromatic carbocycles. The Balaban J connectivity index is 1.36. The number of hydrogen-bond acceptors (Lipinski definition) is 6. The number of carbonyl (C=O) groups excluding carboxylic acids is 2. The van der Waals surface area contributed by atoms with Gasteiger partial charge in [0.15, 0.2) is 4.96 Å². The Hall–Kier alpha value is -2.26. The van der Waals surface area contributed by atoms with E-state index in [0.717, 1.165) is 18.8 Å². The predicted molar refractivity (Wildman–Crippen MR) is 102 cm³/mol. The second-order valence-electron chi connectivity index (χ2n) is 7.55. The van der Waals surface area contributed by atoms with Gasteiger partial charge in [-0.1, -0.05) is 0 Å². The van der Waals surface area contributed by atoms with Crippen LogP contribution in [0.25, 0.3) is 4.96 Å². The smallest absolute Gasteiger partial charge is 0.258 e. The summed E-state index contributed by atoms with van der Waals surface area (Å²) < 4.78 is 1.55. The van der Waals surface area contributed by atoms with E-state index in [1.165, 1.54) is 11.3 Å². The van der Waals surface area contributed by atoms with Crippen molar-refractivity contribution in [2.24, 2.45) is 5.41 Å². The van der Waals surface area contributed by atoms with Crippen LogP contribution in [-0.4, -0.2) is 63.7 Å². The Kier molecular flexibility index (Phi) is 4.73. The fourth-order valence-corrected chi connectivity index (χ4v) is 4.47. The maximum atomic E-state index is 12.9. The number of piperidine rings is 1. The van der Waals surface area contributed by atoms with E-state index >= 15 is 0 Å². The minimum Gasteiger partial charge on any atom is -0.355 e. The van der Waals surface area contributed by atoms with Gasteiger partial charge >= 0.3 is 0 Å². The number of aromatic nitrogens is 2. The van der Waals surface area contributed by atoms with E-state index in [9.17, 15) is 14.4 Å². The molecule has 1 N–H and O–H groups in total. The third-order valence-corrected chi connectivity index (χ3v) is 6.25. The number of nitrogens with zero attached hydrogens (tertiary/aromatic N) is 4. The molecule has 2 aliphatic heterocycles. The Morgan fingerprint density at radius 3 is 2.78 bits per heavy atom. The van der Waals surface area contributed by atoms with Crippen LogP contribution < -0.4 is 10.9 Å². The molecule has 8 nitrogen and oxygen atoms in total. The van der Waals surface area contributed by atoms with Gasteiger partial charge in [0.2, 0.25) is 11.8 Å². The molecular weight excluding hydrogens is 366 g/mol. The largest absolute Gasteiger partial charge is 0.355 e. The van der Waals surface area contributed by atoms with Crippen molar-refractivity contribution in [1.29, 1.82) is 0 Å². The number of fused-ring (bicyclic) bond motifs is 1. The van der Waals surface area contributed by atoms with E-state index in [2.05, 4.69) is 15.2 Å². The standard InChI is InChI=1S/C18H23N5O3S/c1-18(3-2-14(24)19-12-18)16(26)22-6-4-21(5-7-22)11-13-10-15(25)23-8-9-27-17(23)20-13/h8-10H,2-7,11-12H2,1H3,(H,19,24)/t18-/m1/s1. The summed E-state index contributed by atoms with van der Waals surface area (Å²) in [5.41, 5.74) is 0.206. The average Bonchev–Trinajstić information content (AvgIpc) is 3.14. The van der Waals surface area contributed by atoms with E-state index in [0.29, 0.717) is 44.0 Å². The molecule has 0 radical (unpaired) electrons. The molecule has 2 aromatic heterocycles. The third-order valence-electron chi connectivity index (χ3n) is 5.50. The summed E-state index contributed by atoms with van der Waals surface area (Å²) in [6.45, 7) is 5.78. The lowest BCUT2D eigenvalue weighted by Gasteiger charge is -2.41. The number of piperazine rings is 1. The normalized spacial score (nSPS) is 24.2. The highest BCUT2D eigenvalue weighted by atomic mass is 32.1. The number of amides is 2. The summed E-state index contributed by atoms with van der Waals surface area (Å²) in [7, 11) is 0. The Morgan fingerprint density at radius 1 is 1.30 bits per heavy atom. The molecule has 2 aliphatic rings. The van der Waals surface area contributed by atoms with E-state index in [4.69, 9.17) is 0 Å². The van der Waals surface area contributed by atoms with Crippen molar-refractivity contribution in [1.82, 2.24) is 24.5 Å². The van der Waals surface area contributed by atoms with Crippen LogP contribution in [0, 0.1) is 5.41 Å². The van der Waals surface area contributed by atoms with Gasteiger partial charge in [-0.3, -0.25) is 23.7 Å². The number of rotatable bonds is 3. The zero-order valence-electron chi connectivity index (χ0n) is 15.3. The number of nitrogens with one attached hydrogen (secondary N) is 1. The van der Waals surface area contributed by atoms with Gasteiger partial charge in [0, 0.05) is 63.3 Å². The topological polar surface area (TPSA) is 87.0 Å². The molecule has 2 aromatic rings. The van der Waals surface area contributed by atoms with E-state index < -0.39 is 5.41 Å². The third kappa shape index (κ3) is 3.61. The lowest BCUT2D eigenvalue weighted by molar-refractivity contribution is -0.145. The predicted octanol–water partition coefficient (Wildman–Crippen LogP) is 0.317. The van der Waals surface area contributed by atoms with Crippen molar-refractivity contribution in [3.8, 4) is 0 Å². The van der Waals surface area contributed by atoms with Gasteiger partial charge in [0.1, 0.15) is 0 Å². The van der Waals surface area contributed by atoms with E-state index in [-0.39, 0.29) is 17.4 Å². The zero-order valence-corrected chi connectivity index (χ0v) is 16.1. The number of carbonyl (C=O) groups is 2. The van der Waals surface area contributed by atoms with Gasteiger partial charge in [-0.15, -0.1) is 11.3 Å². The zero-order chi connectivity index (χ0) is 19.0. The van der Waals surface area contributed by atoms with Crippen LogP contribution in [0.5, 0.6) is 0 Å². The molecule has 9 heteroatoms. The molecule has 0 spiro atoms. The summed E-state index contributed by atoms with van der Waals surface area (Å²) >= 11 is 1.45. The molecule has 27 heavy (non-hydrogen) atoms. The Labute approximate surface area is 160 Å². The molecule has 0 bridgehead atoms. The van der Waals surface area contributed by atoms with Crippen LogP contribution in [-0.2, 0) is 16.1 Å². The van der Waals surface area contributed by atoms with Crippen LogP contribution in [0.2, 0.25) is 0 Å². The highest BCUT2D eigenvalue weighted by molar-refractivity contribution is 7.15. The molecule has 2 saturated heterocycles. The van der Waals surface area contributed by atoms with Crippen LogP contribution in [0.1, 0.15) is 25.5 Å². The molecule has 0 aliphatic carbocycles. The highest BCUT2D eigenvalue weighted by Crippen LogP contribution is 2.29. The Morgan fingerprint density at radius 2 is 2.07 bits per heavy atom. The maximum Gasteiger partial charge on any atom is 0.258 e. The first-order valence-electron chi connectivity index (χ1n) is 9.19. The lowest BCUT2D eigenvalue weighted by Crippen LogP contribution is -2.56. The first-order chi connectivity index (χ1) is 12.9. The SMILES string of the molecule is C[C@@]1(C(=O)N2CCN(Cc3cc(=O)n4ccsc4n3)CC2)CCC(=O)NC1. The van der Waals surface area contributed by atoms with Crippen molar-refractivity contribution < 1.29 is 9.59 Å². The molecule has 2 amide bonds. The average molecular weight is 389 g/mol. The maximum absolute atomic E-state index is 12.9. The van der Waals surface area contributed by atoms with Crippen LogP contribution >= 0.6 is 11.3 Å². The quantitative estimate of drug-likeness (QED) is 0.817. The molecule has 144 valence electrons. The van der Waals surface area contributed by atoms with Crippen LogP contribution in [0.4, 0.5) is 0 Å². The molecule has 4 heterocycles. The summed E-state index contributed by atoms with van der Waals surface area (Å²) in [5, 5.41) is 4.67. The van der Waals surface area contributed by atoms with Gasteiger partial charge in [-0.2, -0.15) is 0 Å².